The zero-order chi connectivity index (χ0) is 19.9. The van der Waals surface area contributed by atoms with Gasteiger partial charge in [0, 0.05) is 30.1 Å². The van der Waals surface area contributed by atoms with E-state index in [-0.39, 0.29) is 17.1 Å². The first-order valence-electron chi connectivity index (χ1n) is 9.51. The first-order valence-corrected chi connectivity index (χ1v) is 10.6. The van der Waals surface area contributed by atoms with Crippen molar-refractivity contribution in [2.75, 3.05) is 25.5 Å². The zero-order valence-electron chi connectivity index (χ0n) is 16.3. The van der Waals surface area contributed by atoms with Gasteiger partial charge in [0.15, 0.2) is 0 Å². The second-order valence-corrected chi connectivity index (χ2v) is 8.20. The Morgan fingerprint density at radius 2 is 1.71 bits per heavy atom. The Morgan fingerprint density at radius 1 is 1.07 bits per heavy atom. The van der Waals surface area contributed by atoms with Crippen LogP contribution in [0.3, 0.4) is 0 Å². The number of benzene rings is 2. The van der Waals surface area contributed by atoms with E-state index in [9.17, 15) is 9.59 Å². The number of likely N-dealkylation sites (tertiary alicyclic amines) is 1. The second kappa shape index (κ2) is 9.64. The molecule has 148 valence electrons. The van der Waals surface area contributed by atoms with Crippen molar-refractivity contribution in [1.82, 2.24) is 4.90 Å². The molecule has 0 saturated carbocycles. The minimum absolute atomic E-state index is 0.0315. The summed E-state index contributed by atoms with van der Waals surface area (Å²) in [6, 6.07) is 15.0. The van der Waals surface area contributed by atoms with Crippen LogP contribution in [-0.4, -0.2) is 42.2 Å². The van der Waals surface area contributed by atoms with E-state index in [0.717, 1.165) is 54.2 Å². The summed E-state index contributed by atoms with van der Waals surface area (Å²) in [6.07, 6.45) is 2.19. The number of hydrogen-bond donors (Lipinski definition) is 1. The summed E-state index contributed by atoms with van der Waals surface area (Å²) in [6.45, 7) is 3.61. The third-order valence-electron chi connectivity index (χ3n) is 4.82. The lowest BCUT2D eigenvalue weighted by atomic mass is 10.1. The highest BCUT2D eigenvalue weighted by Crippen LogP contribution is 2.21. The van der Waals surface area contributed by atoms with Crippen molar-refractivity contribution in [3.05, 3.63) is 59.7 Å². The van der Waals surface area contributed by atoms with Gasteiger partial charge in [0.25, 0.3) is 5.91 Å². The largest absolute Gasteiger partial charge is 0.497 e. The van der Waals surface area contributed by atoms with E-state index in [1.807, 2.05) is 60.4 Å². The summed E-state index contributed by atoms with van der Waals surface area (Å²) in [5, 5.41) is 2.73. The molecule has 1 N–H and O–H groups in total. The SMILES string of the molecule is COc1ccc(NC(=O)C(C)SCc2ccc(C(=O)N3CCCC3)cc2)cc1. The van der Waals surface area contributed by atoms with Crippen molar-refractivity contribution in [3.8, 4) is 5.75 Å². The quantitative estimate of drug-likeness (QED) is 0.760. The van der Waals surface area contributed by atoms with E-state index in [1.165, 1.54) is 0 Å². The molecular formula is C22H26N2O3S. The van der Waals surface area contributed by atoms with Crippen molar-refractivity contribution in [1.29, 1.82) is 0 Å². The normalized spacial score (nSPS) is 14.6. The molecule has 1 heterocycles. The fourth-order valence-corrected chi connectivity index (χ4v) is 3.91. The summed E-state index contributed by atoms with van der Waals surface area (Å²) in [5.41, 5.74) is 2.59. The molecule has 0 spiro atoms. The van der Waals surface area contributed by atoms with E-state index >= 15 is 0 Å². The Balaban J connectivity index is 1.48. The number of methoxy groups -OCH3 is 1. The Labute approximate surface area is 170 Å². The molecule has 6 heteroatoms. The molecule has 0 radical (unpaired) electrons. The van der Waals surface area contributed by atoms with Crippen molar-refractivity contribution < 1.29 is 14.3 Å². The van der Waals surface area contributed by atoms with Crippen LogP contribution >= 0.6 is 11.8 Å². The van der Waals surface area contributed by atoms with Gasteiger partial charge in [-0.15, -0.1) is 11.8 Å². The average molecular weight is 399 g/mol. The van der Waals surface area contributed by atoms with Crippen LogP contribution in [0.1, 0.15) is 35.7 Å². The fraction of sp³-hybridized carbons (Fsp3) is 0.364. The number of nitrogens with zero attached hydrogens (tertiary/aromatic N) is 1. The maximum atomic E-state index is 12.4. The highest BCUT2D eigenvalue weighted by Gasteiger charge is 2.19. The zero-order valence-corrected chi connectivity index (χ0v) is 17.1. The molecule has 1 fully saturated rings. The minimum atomic E-state index is -0.187. The first kappa shape index (κ1) is 20.3. The number of nitrogens with one attached hydrogen (secondary N) is 1. The van der Waals surface area contributed by atoms with E-state index < -0.39 is 0 Å². The lowest BCUT2D eigenvalue weighted by Crippen LogP contribution is -2.27. The Morgan fingerprint density at radius 3 is 2.32 bits per heavy atom. The van der Waals surface area contributed by atoms with Crippen LogP contribution < -0.4 is 10.1 Å². The fourth-order valence-electron chi connectivity index (χ4n) is 3.06. The van der Waals surface area contributed by atoms with Crippen LogP contribution in [0.15, 0.2) is 48.5 Å². The van der Waals surface area contributed by atoms with Crippen LogP contribution in [-0.2, 0) is 10.5 Å². The number of anilines is 1. The molecule has 1 saturated heterocycles. The van der Waals surface area contributed by atoms with Crippen molar-refractivity contribution in [2.24, 2.45) is 0 Å². The first-order chi connectivity index (χ1) is 13.6. The predicted octanol–water partition coefficient (Wildman–Crippen LogP) is 4.19. The summed E-state index contributed by atoms with van der Waals surface area (Å²) < 4.78 is 5.12. The smallest absolute Gasteiger partial charge is 0.253 e. The van der Waals surface area contributed by atoms with Gasteiger partial charge >= 0.3 is 0 Å². The molecule has 3 rings (SSSR count). The molecule has 1 aliphatic heterocycles. The summed E-state index contributed by atoms with van der Waals surface area (Å²) in [7, 11) is 1.61. The number of amides is 2. The highest BCUT2D eigenvalue weighted by molar-refractivity contribution is 7.99. The molecule has 1 aliphatic rings. The van der Waals surface area contributed by atoms with Crippen LogP contribution in [0.25, 0.3) is 0 Å². The molecule has 0 bridgehead atoms. The lowest BCUT2D eigenvalue weighted by molar-refractivity contribution is -0.115. The Kier molecular flexibility index (Phi) is 6.98. The molecule has 1 unspecified atom stereocenters. The van der Waals surface area contributed by atoms with E-state index in [4.69, 9.17) is 4.74 Å². The number of thioether (sulfide) groups is 1. The van der Waals surface area contributed by atoms with Crippen LogP contribution in [0.4, 0.5) is 5.69 Å². The second-order valence-electron chi connectivity index (χ2n) is 6.87. The van der Waals surface area contributed by atoms with Crippen molar-refractivity contribution in [3.63, 3.8) is 0 Å². The molecule has 0 aromatic heterocycles. The third-order valence-corrected chi connectivity index (χ3v) is 6.04. The summed E-state index contributed by atoms with van der Waals surface area (Å²) in [5.74, 6) is 1.56. The Bertz CT molecular complexity index is 800. The van der Waals surface area contributed by atoms with Crippen molar-refractivity contribution in [2.45, 2.75) is 30.8 Å². The van der Waals surface area contributed by atoms with Gasteiger partial charge < -0.3 is 15.0 Å². The molecule has 28 heavy (non-hydrogen) atoms. The van der Waals surface area contributed by atoms with Gasteiger partial charge in [-0.3, -0.25) is 9.59 Å². The molecule has 5 nitrogen and oxygen atoms in total. The van der Waals surface area contributed by atoms with E-state index in [2.05, 4.69) is 5.32 Å². The van der Waals surface area contributed by atoms with Crippen LogP contribution in [0.2, 0.25) is 0 Å². The van der Waals surface area contributed by atoms with Crippen LogP contribution in [0.5, 0.6) is 5.75 Å². The van der Waals surface area contributed by atoms with Gasteiger partial charge in [-0.1, -0.05) is 12.1 Å². The maximum absolute atomic E-state index is 12.4. The lowest BCUT2D eigenvalue weighted by Gasteiger charge is -2.15. The van der Waals surface area contributed by atoms with Gasteiger partial charge in [-0.25, -0.2) is 0 Å². The number of hydrogen-bond acceptors (Lipinski definition) is 4. The molecule has 1 atom stereocenters. The number of carbonyl (C=O) groups excluding carboxylic acids is 2. The van der Waals surface area contributed by atoms with Gasteiger partial charge in [-0.05, 0) is 61.7 Å². The van der Waals surface area contributed by atoms with E-state index in [1.54, 1.807) is 18.9 Å². The highest BCUT2D eigenvalue weighted by atomic mass is 32.2. The molecule has 2 aromatic carbocycles. The molecule has 0 aliphatic carbocycles. The number of ether oxygens (including phenoxy) is 1. The number of carbonyl (C=O) groups is 2. The van der Waals surface area contributed by atoms with Gasteiger partial charge in [0.05, 0.1) is 12.4 Å². The molecular weight excluding hydrogens is 372 g/mol. The third kappa shape index (κ3) is 5.29. The van der Waals surface area contributed by atoms with Gasteiger partial charge in [0.1, 0.15) is 5.75 Å². The van der Waals surface area contributed by atoms with E-state index in [0.29, 0.717) is 0 Å². The van der Waals surface area contributed by atoms with Gasteiger partial charge in [0.2, 0.25) is 5.91 Å². The minimum Gasteiger partial charge on any atom is -0.497 e. The summed E-state index contributed by atoms with van der Waals surface area (Å²) >= 11 is 1.57. The molecule has 2 aromatic rings. The average Bonchev–Trinajstić information content (AvgIpc) is 3.27. The van der Waals surface area contributed by atoms with Crippen molar-refractivity contribution >= 4 is 29.3 Å². The van der Waals surface area contributed by atoms with Gasteiger partial charge in [-0.2, -0.15) is 0 Å². The maximum Gasteiger partial charge on any atom is 0.253 e. The molecule has 2 amide bonds. The summed E-state index contributed by atoms with van der Waals surface area (Å²) in [4.78, 5) is 26.7. The predicted molar refractivity (Wildman–Crippen MR) is 114 cm³/mol. The topological polar surface area (TPSA) is 58.6 Å². The monoisotopic (exact) mass is 398 g/mol. The standard InChI is InChI=1S/C22H26N2O3S/c1-16(21(25)23-19-9-11-20(27-2)12-10-19)28-15-17-5-7-18(8-6-17)22(26)24-13-3-4-14-24/h5-12,16H,3-4,13-15H2,1-2H3,(H,23,25). The van der Waals surface area contributed by atoms with Crippen LogP contribution in [0, 0.1) is 0 Å². The number of rotatable bonds is 7. The Hall–Kier alpha value is -2.47.